The summed E-state index contributed by atoms with van der Waals surface area (Å²) >= 11 is 0. The van der Waals surface area contributed by atoms with Gasteiger partial charge in [0.25, 0.3) is 5.91 Å². The molecule has 2 aromatic rings. The third-order valence-electron chi connectivity index (χ3n) is 4.82. The van der Waals surface area contributed by atoms with Crippen molar-refractivity contribution in [3.8, 4) is 11.6 Å². The molecule has 1 heterocycles. The Bertz CT molecular complexity index is 695. The van der Waals surface area contributed by atoms with E-state index in [0.29, 0.717) is 18.1 Å². The highest BCUT2D eigenvalue weighted by atomic mass is 16.5. The van der Waals surface area contributed by atoms with E-state index in [1.165, 1.54) is 0 Å². The standard InChI is InChI=1S/C22H28N2O3/c1-2-3-16-26-19-11-7-17(8-12-19)22(25)24-18-9-13-20(14-10-18)27-21-6-4-5-15-23-21/h4-8,11-12,15,18,20H,2-3,9-10,13-14,16H2,1H3,(H,24,25). The number of nitrogens with one attached hydrogen (secondary N) is 1. The van der Waals surface area contributed by atoms with E-state index < -0.39 is 0 Å². The van der Waals surface area contributed by atoms with Gasteiger partial charge in [0, 0.05) is 23.9 Å². The van der Waals surface area contributed by atoms with Crippen LogP contribution in [0.3, 0.4) is 0 Å². The minimum absolute atomic E-state index is 0.0239. The van der Waals surface area contributed by atoms with Gasteiger partial charge < -0.3 is 14.8 Å². The molecule has 0 aliphatic heterocycles. The van der Waals surface area contributed by atoms with Crippen molar-refractivity contribution in [2.45, 2.75) is 57.6 Å². The molecule has 3 rings (SSSR count). The zero-order valence-electron chi connectivity index (χ0n) is 15.9. The van der Waals surface area contributed by atoms with Crippen LogP contribution in [-0.2, 0) is 0 Å². The Hall–Kier alpha value is -2.56. The number of nitrogens with zero attached hydrogens (tertiary/aromatic N) is 1. The normalized spacial score (nSPS) is 19.3. The predicted octanol–water partition coefficient (Wildman–Crippen LogP) is 4.38. The van der Waals surface area contributed by atoms with E-state index >= 15 is 0 Å². The van der Waals surface area contributed by atoms with Gasteiger partial charge in [0.05, 0.1) is 6.61 Å². The van der Waals surface area contributed by atoms with Crippen molar-refractivity contribution >= 4 is 5.91 Å². The van der Waals surface area contributed by atoms with E-state index in [1.807, 2.05) is 42.5 Å². The number of hydrogen-bond donors (Lipinski definition) is 1. The first-order chi connectivity index (χ1) is 13.2. The van der Waals surface area contributed by atoms with Gasteiger partial charge in [-0.25, -0.2) is 4.98 Å². The number of carbonyl (C=O) groups is 1. The first-order valence-corrected chi connectivity index (χ1v) is 9.86. The third-order valence-corrected chi connectivity index (χ3v) is 4.82. The van der Waals surface area contributed by atoms with Gasteiger partial charge in [-0.05, 0) is 62.4 Å². The molecule has 1 aromatic heterocycles. The van der Waals surface area contributed by atoms with Crippen LogP contribution in [0, 0.1) is 0 Å². The second kappa shape index (κ2) is 9.95. The Morgan fingerprint density at radius 1 is 1.11 bits per heavy atom. The van der Waals surface area contributed by atoms with Gasteiger partial charge in [-0.15, -0.1) is 0 Å². The van der Waals surface area contributed by atoms with Gasteiger partial charge >= 0.3 is 0 Å². The second-order valence-electron chi connectivity index (χ2n) is 6.96. The molecule has 0 bridgehead atoms. The van der Waals surface area contributed by atoms with Gasteiger partial charge in [-0.3, -0.25) is 4.79 Å². The molecule has 0 saturated heterocycles. The van der Waals surface area contributed by atoms with Gasteiger partial charge in [-0.2, -0.15) is 0 Å². The van der Waals surface area contributed by atoms with Gasteiger partial charge in [-0.1, -0.05) is 19.4 Å². The number of benzene rings is 1. The van der Waals surface area contributed by atoms with E-state index in [1.54, 1.807) is 6.20 Å². The third kappa shape index (κ3) is 5.98. The van der Waals surface area contributed by atoms with E-state index in [2.05, 4.69) is 17.2 Å². The van der Waals surface area contributed by atoms with Crippen molar-refractivity contribution in [1.82, 2.24) is 10.3 Å². The summed E-state index contributed by atoms with van der Waals surface area (Å²) in [7, 11) is 0. The second-order valence-corrected chi connectivity index (χ2v) is 6.96. The number of unbranched alkanes of at least 4 members (excludes halogenated alkanes) is 1. The maximum atomic E-state index is 12.5. The highest BCUT2D eigenvalue weighted by molar-refractivity contribution is 5.94. The molecule has 27 heavy (non-hydrogen) atoms. The van der Waals surface area contributed by atoms with E-state index in [4.69, 9.17) is 9.47 Å². The molecule has 5 nitrogen and oxygen atoms in total. The summed E-state index contributed by atoms with van der Waals surface area (Å²) in [5.41, 5.74) is 0.671. The number of carbonyl (C=O) groups excluding carboxylic acids is 1. The topological polar surface area (TPSA) is 60.5 Å². The molecular weight excluding hydrogens is 340 g/mol. The molecule has 1 fully saturated rings. The fourth-order valence-electron chi connectivity index (χ4n) is 3.22. The van der Waals surface area contributed by atoms with Crippen LogP contribution in [0.1, 0.15) is 55.8 Å². The van der Waals surface area contributed by atoms with Crippen LogP contribution < -0.4 is 14.8 Å². The van der Waals surface area contributed by atoms with Crippen LogP contribution >= 0.6 is 0 Å². The Morgan fingerprint density at radius 2 is 1.89 bits per heavy atom. The first-order valence-electron chi connectivity index (χ1n) is 9.86. The zero-order valence-corrected chi connectivity index (χ0v) is 15.9. The van der Waals surface area contributed by atoms with Crippen LogP contribution in [0.4, 0.5) is 0 Å². The average Bonchev–Trinajstić information content (AvgIpc) is 2.71. The maximum absolute atomic E-state index is 12.5. The van der Waals surface area contributed by atoms with E-state index in [-0.39, 0.29) is 18.1 Å². The van der Waals surface area contributed by atoms with Crippen LogP contribution in [-0.4, -0.2) is 29.6 Å². The summed E-state index contributed by atoms with van der Waals surface area (Å²) in [5.74, 6) is 1.46. The predicted molar refractivity (Wildman–Crippen MR) is 105 cm³/mol. The molecule has 5 heteroatoms. The Labute approximate surface area is 161 Å². The number of aromatic nitrogens is 1. The minimum Gasteiger partial charge on any atom is -0.494 e. The molecule has 1 aliphatic carbocycles. The summed E-state index contributed by atoms with van der Waals surface area (Å²) in [6.07, 6.45) is 7.74. The van der Waals surface area contributed by atoms with Gasteiger partial charge in [0.2, 0.25) is 5.88 Å². The number of pyridine rings is 1. The Morgan fingerprint density at radius 3 is 2.56 bits per heavy atom. The largest absolute Gasteiger partial charge is 0.494 e. The average molecular weight is 368 g/mol. The lowest BCUT2D eigenvalue weighted by atomic mass is 9.92. The van der Waals surface area contributed by atoms with Crippen LogP contribution in [0.15, 0.2) is 48.7 Å². The van der Waals surface area contributed by atoms with Gasteiger partial charge in [0.15, 0.2) is 0 Å². The number of rotatable bonds is 8. The summed E-state index contributed by atoms with van der Waals surface area (Å²) in [5, 5.41) is 3.14. The SMILES string of the molecule is CCCCOc1ccc(C(=O)NC2CCC(Oc3ccccn3)CC2)cc1. The highest BCUT2D eigenvalue weighted by Crippen LogP contribution is 2.23. The molecule has 0 unspecified atom stereocenters. The number of hydrogen-bond acceptors (Lipinski definition) is 4. The molecule has 144 valence electrons. The molecule has 1 N–H and O–H groups in total. The zero-order chi connectivity index (χ0) is 18.9. The van der Waals surface area contributed by atoms with Crippen molar-refractivity contribution < 1.29 is 14.3 Å². The Kier molecular flexibility index (Phi) is 7.08. The lowest BCUT2D eigenvalue weighted by molar-refractivity contribution is 0.0890. The number of ether oxygens (including phenoxy) is 2. The van der Waals surface area contributed by atoms with Crippen molar-refractivity contribution in [3.63, 3.8) is 0 Å². The highest BCUT2D eigenvalue weighted by Gasteiger charge is 2.24. The fraction of sp³-hybridized carbons (Fsp3) is 0.455. The van der Waals surface area contributed by atoms with Crippen LogP contribution in [0.2, 0.25) is 0 Å². The summed E-state index contributed by atoms with van der Waals surface area (Å²) in [6.45, 7) is 2.85. The molecule has 1 saturated carbocycles. The molecule has 0 atom stereocenters. The maximum Gasteiger partial charge on any atom is 0.251 e. The molecule has 0 spiro atoms. The Balaban J connectivity index is 1.42. The van der Waals surface area contributed by atoms with Crippen LogP contribution in [0.5, 0.6) is 11.6 Å². The fourth-order valence-corrected chi connectivity index (χ4v) is 3.22. The lowest BCUT2D eigenvalue weighted by Crippen LogP contribution is -2.39. The molecule has 1 aromatic carbocycles. The molecular formula is C22H28N2O3. The molecule has 1 amide bonds. The lowest BCUT2D eigenvalue weighted by Gasteiger charge is -2.29. The van der Waals surface area contributed by atoms with Crippen molar-refractivity contribution in [2.24, 2.45) is 0 Å². The number of amides is 1. The first kappa shape index (κ1) is 19.2. The minimum atomic E-state index is -0.0239. The summed E-state index contributed by atoms with van der Waals surface area (Å²) in [6, 6.07) is 13.3. The van der Waals surface area contributed by atoms with Crippen molar-refractivity contribution in [2.75, 3.05) is 6.61 Å². The molecule has 1 aliphatic rings. The smallest absolute Gasteiger partial charge is 0.251 e. The van der Waals surface area contributed by atoms with E-state index in [9.17, 15) is 4.79 Å². The van der Waals surface area contributed by atoms with E-state index in [0.717, 1.165) is 44.3 Å². The molecule has 0 radical (unpaired) electrons. The van der Waals surface area contributed by atoms with Crippen molar-refractivity contribution in [1.29, 1.82) is 0 Å². The van der Waals surface area contributed by atoms with Crippen LogP contribution in [0.25, 0.3) is 0 Å². The quantitative estimate of drug-likeness (QED) is 0.703. The summed E-state index contributed by atoms with van der Waals surface area (Å²) in [4.78, 5) is 16.7. The van der Waals surface area contributed by atoms with Crippen molar-refractivity contribution in [3.05, 3.63) is 54.2 Å². The monoisotopic (exact) mass is 368 g/mol. The summed E-state index contributed by atoms with van der Waals surface area (Å²) < 4.78 is 11.5. The van der Waals surface area contributed by atoms with Gasteiger partial charge in [0.1, 0.15) is 11.9 Å².